The second kappa shape index (κ2) is 8.33. The first-order chi connectivity index (χ1) is 16.1. The molecule has 3 aromatic rings. The number of ether oxygens (including phenoxy) is 2. The number of rotatable bonds is 6. The monoisotopic (exact) mass is 446 g/mol. The first kappa shape index (κ1) is 21.2. The maximum atomic E-state index is 13.7. The van der Waals surface area contributed by atoms with Crippen molar-refractivity contribution >= 4 is 11.8 Å². The third-order valence-corrected chi connectivity index (χ3v) is 6.24. The minimum atomic E-state index is -1.11. The fraction of sp³-hybridized carbons (Fsp3) is 0.231. The molecule has 1 atom stereocenters. The fourth-order valence-corrected chi connectivity index (χ4v) is 4.84. The Hall–Kier alpha value is -3.71. The zero-order valence-electron chi connectivity index (χ0n) is 18.2. The predicted molar refractivity (Wildman–Crippen MR) is 120 cm³/mol. The predicted octanol–water partition coefficient (Wildman–Crippen LogP) is 3.66. The van der Waals surface area contributed by atoms with Crippen LogP contribution in [0.3, 0.4) is 0 Å². The molecular weight excluding hydrogens is 423 g/mol. The van der Waals surface area contributed by atoms with E-state index in [2.05, 4.69) is 0 Å². The molecule has 0 bridgehead atoms. The van der Waals surface area contributed by atoms with Crippen LogP contribution in [0, 0.1) is 5.82 Å². The molecule has 0 spiro atoms. The third-order valence-electron chi connectivity index (χ3n) is 6.24. The lowest BCUT2D eigenvalue weighted by atomic mass is 9.89. The number of carbonyl (C=O) groups excluding carboxylic acids is 2. The van der Waals surface area contributed by atoms with Gasteiger partial charge in [-0.25, -0.2) is 4.39 Å². The average Bonchev–Trinajstić information content (AvgIpc) is 3.35. The normalized spacial score (nSPS) is 18.9. The maximum absolute atomic E-state index is 13.7. The quantitative estimate of drug-likeness (QED) is 0.543. The van der Waals surface area contributed by atoms with Crippen molar-refractivity contribution in [3.63, 3.8) is 0 Å². The van der Waals surface area contributed by atoms with Crippen LogP contribution in [0.1, 0.15) is 31.8 Å². The summed E-state index contributed by atoms with van der Waals surface area (Å²) in [6.07, 6.45) is 0. The van der Waals surface area contributed by atoms with E-state index in [1.807, 2.05) is 42.5 Å². The van der Waals surface area contributed by atoms with Crippen LogP contribution in [0.4, 0.5) is 4.39 Å². The Morgan fingerprint density at radius 3 is 2.58 bits per heavy atom. The van der Waals surface area contributed by atoms with Crippen molar-refractivity contribution in [3.8, 4) is 5.75 Å². The highest BCUT2D eigenvalue weighted by Gasteiger charge is 2.59. The number of hydrogen-bond donors (Lipinski definition) is 0. The highest BCUT2D eigenvalue weighted by Crippen LogP contribution is 2.50. The Labute approximate surface area is 191 Å². The molecule has 0 N–H and O–H groups in total. The minimum absolute atomic E-state index is 0.120. The number of methoxy groups -OCH3 is 1. The van der Waals surface area contributed by atoms with Gasteiger partial charge in [-0.15, -0.1) is 0 Å². The summed E-state index contributed by atoms with van der Waals surface area (Å²) >= 11 is 0. The van der Waals surface area contributed by atoms with E-state index in [0.717, 1.165) is 11.1 Å². The molecule has 1 fully saturated rings. The molecule has 1 saturated heterocycles. The summed E-state index contributed by atoms with van der Waals surface area (Å²) in [4.78, 5) is 30.6. The summed E-state index contributed by atoms with van der Waals surface area (Å²) in [5, 5.41) is 0. The van der Waals surface area contributed by atoms with Crippen molar-refractivity contribution in [2.24, 2.45) is 0 Å². The third kappa shape index (κ3) is 3.27. The minimum Gasteiger partial charge on any atom is -0.491 e. The number of carbonyl (C=O) groups is 2. The van der Waals surface area contributed by atoms with Crippen molar-refractivity contribution in [2.75, 3.05) is 33.4 Å². The van der Waals surface area contributed by atoms with Crippen molar-refractivity contribution < 1.29 is 23.5 Å². The van der Waals surface area contributed by atoms with Gasteiger partial charge in [-0.05, 0) is 42.5 Å². The van der Waals surface area contributed by atoms with E-state index in [9.17, 15) is 14.0 Å². The van der Waals surface area contributed by atoms with Crippen LogP contribution in [0.25, 0.3) is 0 Å². The van der Waals surface area contributed by atoms with E-state index in [0.29, 0.717) is 43.2 Å². The molecule has 168 valence electrons. The van der Waals surface area contributed by atoms with Gasteiger partial charge in [0.2, 0.25) is 0 Å². The largest absolute Gasteiger partial charge is 0.491 e. The summed E-state index contributed by atoms with van der Waals surface area (Å²) in [5.41, 5.74) is 1.32. The van der Waals surface area contributed by atoms with Crippen LogP contribution in [0.5, 0.6) is 5.75 Å². The molecule has 3 aromatic carbocycles. The van der Waals surface area contributed by atoms with Gasteiger partial charge in [0.25, 0.3) is 11.8 Å². The molecule has 0 aromatic heterocycles. The van der Waals surface area contributed by atoms with E-state index in [-0.39, 0.29) is 11.8 Å². The van der Waals surface area contributed by atoms with Crippen molar-refractivity contribution in [2.45, 2.75) is 5.66 Å². The van der Waals surface area contributed by atoms with Gasteiger partial charge in [0, 0.05) is 42.5 Å². The lowest BCUT2D eigenvalue weighted by molar-refractivity contribution is 0.0374. The Balaban J connectivity index is 1.66. The molecule has 5 rings (SSSR count). The molecule has 33 heavy (non-hydrogen) atoms. The highest BCUT2D eigenvalue weighted by molar-refractivity contribution is 6.03. The Morgan fingerprint density at radius 2 is 1.79 bits per heavy atom. The van der Waals surface area contributed by atoms with E-state index >= 15 is 0 Å². The lowest BCUT2D eigenvalue weighted by Crippen LogP contribution is -2.51. The summed E-state index contributed by atoms with van der Waals surface area (Å²) in [5.74, 6) is -0.179. The number of fused-ring (bicyclic) bond motifs is 3. The van der Waals surface area contributed by atoms with Gasteiger partial charge >= 0.3 is 0 Å². The molecule has 0 radical (unpaired) electrons. The highest BCUT2D eigenvalue weighted by atomic mass is 19.1. The van der Waals surface area contributed by atoms with Gasteiger partial charge in [-0.1, -0.05) is 30.3 Å². The molecular formula is C26H23FN2O4. The number of nitrogens with zero attached hydrogens (tertiary/aromatic N) is 2. The first-order valence-electron chi connectivity index (χ1n) is 10.8. The van der Waals surface area contributed by atoms with E-state index in [4.69, 9.17) is 9.47 Å². The molecule has 0 aliphatic carbocycles. The van der Waals surface area contributed by atoms with Crippen LogP contribution in [0.15, 0.2) is 72.8 Å². The van der Waals surface area contributed by atoms with E-state index in [1.165, 1.54) is 24.3 Å². The second-order valence-electron chi connectivity index (χ2n) is 8.01. The van der Waals surface area contributed by atoms with Crippen LogP contribution in [0.2, 0.25) is 0 Å². The zero-order chi connectivity index (χ0) is 23.0. The van der Waals surface area contributed by atoms with Gasteiger partial charge in [0.15, 0.2) is 5.66 Å². The molecule has 2 aliphatic heterocycles. The van der Waals surface area contributed by atoms with Crippen LogP contribution in [-0.2, 0) is 10.4 Å². The zero-order valence-corrected chi connectivity index (χ0v) is 18.2. The number of halogens is 1. The maximum Gasteiger partial charge on any atom is 0.256 e. The topological polar surface area (TPSA) is 59.1 Å². The Morgan fingerprint density at radius 1 is 1.00 bits per heavy atom. The molecule has 0 saturated carbocycles. The Kier molecular flexibility index (Phi) is 5.34. The lowest BCUT2D eigenvalue weighted by Gasteiger charge is -2.40. The smallest absolute Gasteiger partial charge is 0.256 e. The summed E-state index contributed by atoms with van der Waals surface area (Å²) in [6, 6.07) is 20.3. The standard InChI is InChI=1S/C26H23FN2O4/c1-32-15-16-33-21-6-4-5-19(17-21)26-23-8-3-2-7-22(23)25(31)29(26)14-13-28(26)24(30)18-9-11-20(27)12-10-18/h2-12,17H,13-16H2,1H3. The van der Waals surface area contributed by atoms with Crippen LogP contribution < -0.4 is 4.74 Å². The average molecular weight is 446 g/mol. The molecule has 2 aliphatic rings. The van der Waals surface area contributed by atoms with E-state index < -0.39 is 11.5 Å². The van der Waals surface area contributed by atoms with Crippen molar-refractivity contribution in [1.82, 2.24) is 9.80 Å². The van der Waals surface area contributed by atoms with Gasteiger partial charge in [-0.2, -0.15) is 0 Å². The number of hydrogen-bond acceptors (Lipinski definition) is 4. The van der Waals surface area contributed by atoms with Crippen LogP contribution in [-0.4, -0.2) is 55.0 Å². The Bertz CT molecular complexity index is 1210. The SMILES string of the molecule is COCCOc1cccc(C23c4ccccc4C(=O)N2CCN3C(=O)c2ccc(F)cc2)c1. The van der Waals surface area contributed by atoms with E-state index in [1.54, 1.807) is 23.0 Å². The van der Waals surface area contributed by atoms with Gasteiger partial charge < -0.3 is 19.3 Å². The van der Waals surface area contributed by atoms with Crippen LogP contribution >= 0.6 is 0 Å². The molecule has 2 amide bonds. The first-order valence-corrected chi connectivity index (χ1v) is 10.8. The summed E-state index contributed by atoms with van der Waals surface area (Å²) in [7, 11) is 1.61. The molecule has 6 nitrogen and oxygen atoms in total. The molecule has 7 heteroatoms. The second-order valence-corrected chi connectivity index (χ2v) is 8.01. The van der Waals surface area contributed by atoms with Gasteiger partial charge in [0.05, 0.1) is 6.61 Å². The fourth-order valence-electron chi connectivity index (χ4n) is 4.84. The van der Waals surface area contributed by atoms with Crippen molar-refractivity contribution in [3.05, 3.63) is 101 Å². The molecule has 1 unspecified atom stereocenters. The summed E-state index contributed by atoms with van der Waals surface area (Å²) < 4.78 is 24.4. The van der Waals surface area contributed by atoms with Gasteiger partial charge in [0.1, 0.15) is 18.2 Å². The van der Waals surface area contributed by atoms with Crippen molar-refractivity contribution in [1.29, 1.82) is 0 Å². The number of benzene rings is 3. The summed E-state index contributed by atoms with van der Waals surface area (Å²) in [6.45, 7) is 1.56. The van der Waals surface area contributed by atoms with Gasteiger partial charge in [-0.3, -0.25) is 9.59 Å². The number of amides is 2. The molecule has 2 heterocycles.